The first-order valence-corrected chi connectivity index (χ1v) is 7.79. The molecule has 1 nitrogen and oxygen atoms in total. The number of rotatable bonds is 4. The van der Waals surface area contributed by atoms with Crippen molar-refractivity contribution < 1.29 is 4.39 Å². The van der Waals surface area contributed by atoms with Crippen LogP contribution in [0.3, 0.4) is 0 Å². The normalized spacial score (nSPS) is 12.7. The standard InChI is InChI=1S/C13H12ClFINS/c1-17-12(9-6-13(16)18-7-9)5-8-2-3-11(15)10(14)4-8/h2-4,6-7,12,17H,5H2,1H3. The highest BCUT2D eigenvalue weighted by Crippen LogP contribution is 2.26. The fourth-order valence-corrected chi connectivity index (χ4v) is 3.42. The molecule has 0 aliphatic rings. The summed E-state index contributed by atoms with van der Waals surface area (Å²) in [5.41, 5.74) is 2.29. The van der Waals surface area contributed by atoms with E-state index in [0.717, 1.165) is 12.0 Å². The van der Waals surface area contributed by atoms with E-state index in [2.05, 4.69) is 39.4 Å². The second kappa shape index (κ2) is 6.32. The van der Waals surface area contributed by atoms with Crippen LogP contribution in [0.25, 0.3) is 0 Å². The van der Waals surface area contributed by atoms with Gasteiger partial charge in [-0.15, -0.1) is 11.3 Å². The fraction of sp³-hybridized carbons (Fsp3) is 0.231. The Kier molecular flexibility index (Phi) is 5.00. The van der Waals surface area contributed by atoms with Gasteiger partial charge in [0.25, 0.3) is 0 Å². The molecule has 0 aliphatic carbocycles. The zero-order valence-electron chi connectivity index (χ0n) is 9.71. The maximum Gasteiger partial charge on any atom is 0.141 e. The van der Waals surface area contributed by atoms with Gasteiger partial charge >= 0.3 is 0 Å². The van der Waals surface area contributed by atoms with Crippen molar-refractivity contribution in [1.82, 2.24) is 5.32 Å². The average molecular weight is 396 g/mol. The van der Waals surface area contributed by atoms with Crippen LogP contribution in [0.2, 0.25) is 5.02 Å². The Morgan fingerprint density at radius 2 is 2.22 bits per heavy atom. The molecule has 1 unspecified atom stereocenters. The lowest BCUT2D eigenvalue weighted by atomic mass is 10.0. The van der Waals surface area contributed by atoms with Gasteiger partial charge in [-0.2, -0.15) is 0 Å². The van der Waals surface area contributed by atoms with Crippen molar-refractivity contribution >= 4 is 45.5 Å². The first-order chi connectivity index (χ1) is 8.60. The summed E-state index contributed by atoms with van der Waals surface area (Å²) in [5, 5.41) is 5.61. The number of nitrogens with one attached hydrogen (secondary N) is 1. The fourth-order valence-electron chi connectivity index (χ4n) is 1.80. The van der Waals surface area contributed by atoms with Crippen LogP contribution in [0.1, 0.15) is 17.2 Å². The smallest absolute Gasteiger partial charge is 0.141 e. The molecule has 96 valence electrons. The first-order valence-electron chi connectivity index (χ1n) is 5.45. The van der Waals surface area contributed by atoms with Crippen molar-refractivity contribution in [2.45, 2.75) is 12.5 Å². The third-order valence-electron chi connectivity index (χ3n) is 2.76. The molecular formula is C13H12ClFINS. The second-order valence-corrected chi connectivity index (χ2v) is 7.19. The van der Waals surface area contributed by atoms with E-state index in [9.17, 15) is 4.39 Å². The number of hydrogen-bond acceptors (Lipinski definition) is 2. The Morgan fingerprint density at radius 1 is 1.44 bits per heavy atom. The topological polar surface area (TPSA) is 12.0 Å². The van der Waals surface area contributed by atoms with E-state index in [1.54, 1.807) is 23.5 Å². The minimum atomic E-state index is -0.369. The van der Waals surface area contributed by atoms with E-state index in [-0.39, 0.29) is 16.9 Å². The highest BCUT2D eigenvalue weighted by molar-refractivity contribution is 14.1. The number of thiophene rings is 1. The quantitative estimate of drug-likeness (QED) is 0.743. The number of halogens is 3. The molecule has 1 heterocycles. The van der Waals surface area contributed by atoms with Crippen LogP contribution in [-0.4, -0.2) is 7.05 Å². The number of hydrogen-bond donors (Lipinski definition) is 1. The van der Waals surface area contributed by atoms with Gasteiger partial charge in [-0.1, -0.05) is 17.7 Å². The average Bonchev–Trinajstić information content (AvgIpc) is 2.77. The summed E-state index contributed by atoms with van der Waals surface area (Å²) >= 11 is 9.83. The molecular weight excluding hydrogens is 384 g/mol. The minimum absolute atomic E-state index is 0.183. The SMILES string of the molecule is CNC(Cc1ccc(F)c(Cl)c1)c1csc(I)c1. The van der Waals surface area contributed by atoms with Crippen LogP contribution in [0, 0.1) is 8.70 Å². The first kappa shape index (κ1) is 14.2. The highest BCUT2D eigenvalue weighted by Gasteiger charge is 2.12. The van der Waals surface area contributed by atoms with E-state index < -0.39 is 0 Å². The summed E-state index contributed by atoms with van der Waals surface area (Å²) in [6.45, 7) is 0. The molecule has 0 fully saturated rings. The van der Waals surface area contributed by atoms with Crippen molar-refractivity contribution in [2.24, 2.45) is 0 Å². The lowest BCUT2D eigenvalue weighted by molar-refractivity contribution is 0.590. The molecule has 0 saturated heterocycles. The predicted octanol–water partition coefficient (Wildman–Crippen LogP) is 4.65. The van der Waals surface area contributed by atoms with E-state index in [4.69, 9.17) is 11.6 Å². The Labute approximate surface area is 129 Å². The van der Waals surface area contributed by atoms with Gasteiger partial charge in [-0.3, -0.25) is 0 Å². The maximum absolute atomic E-state index is 13.1. The third kappa shape index (κ3) is 3.44. The molecule has 5 heteroatoms. The van der Waals surface area contributed by atoms with E-state index in [1.807, 2.05) is 7.05 Å². The summed E-state index contributed by atoms with van der Waals surface area (Å²) in [5.74, 6) is -0.369. The number of likely N-dealkylation sites (N-methyl/N-ethyl adjacent to an activating group) is 1. The molecule has 1 atom stereocenters. The van der Waals surface area contributed by atoms with Gasteiger partial charge in [0, 0.05) is 6.04 Å². The van der Waals surface area contributed by atoms with E-state index in [0.29, 0.717) is 0 Å². The van der Waals surface area contributed by atoms with E-state index >= 15 is 0 Å². The lowest BCUT2D eigenvalue weighted by Gasteiger charge is -2.15. The van der Waals surface area contributed by atoms with Crippen LogP contribution in [-0.2, 0) is 6.42 Å². The predicted molar refractivity (Wildman–Crippen MR) is 84.0 cm³/mol. The Morgan fingerprint density at radius 3 is 2.78 bits per heavy atom. The van der Waals surface area contributed by atoms with Gasteiger partial charge in [0.15, 0.2) is 0 Å². The third-order valence-corrected chi connectivity index (χ3v) is 4.86. The molecule has 1 aromatic carbocycles. The molecule has 0 saturated carbocycles. The van der Waals surface area contributed by atoms with Crippen LogP contribution in [0.4, 0.5) is 4.39 Å². The van der Waals surface area contributed by atoms with Crippen molar-refractivity contribution in [2.75, 3.05) is 7.05 Å². The zero-order chi connectivity index (χ0) is 13.1. The number of benzene rings is 1. The van der Waals surface area contributed by atoms with Gasteiger partial charge in [-0.05, 0) is 70.8 Å². The van der Waals surface area contributed by atoms with E-state index in [1.165, 1.54) is 14.5 Å². The molecule has 0 spiro atoms. The van der Waals surface area contributed by atoms with Gasteiger partial charge in [0.05, 0.1) is 7.91 Å². The molecule has 0 bridgehead atoms. The molecule has 2 aromatic rings. The molecule has 0 aliphatic heterocycles. The van der Waals surface area contributed by atoms with Crippen LogP contribution in [0.5, 0.6) is 0 Å². The summed E-state index contributed by atoms with van der Waals surface area (Å²) in [7, 11) is 1.93. The molecule has 1 aromatic heterocycles. The van der Waals surface area contributed by atoms with Crippen LogP contribution in [0.15, 0.2) is 29.6 Å². The van der Waals surface area contributed by atoms with Crippen molar-refractivity contribution in [3.63, 3.8) is 0 Å². The summed E-state index contributed by atoms with van der Waals surface area (Å²) in [6, 6.07) is 7.28. The van der Waals surface area contributed by atoms with Gasteiger partial charge < -0.3 is 5.32 Å². The highest BCUT2D eigenvalue weighted by atomic mass is 127. The van der Waals surface area contributed by atoms with Crippen molar-refractivity contribution in [1.29, 1.82) is 0 Å². The Balaban J connectivity index is 2.17. The molecule has 0 amide bonds. The lowest BCUT2D eigenvalue weighted by Crippen LogP contribution is -2.18. The van der Waals surface area contributed by atoms with Crippen molar-refractivity contribution in [3.8, 4) is 0 Å². The molecule has 2 rings (SSSR count). The van der Waals surface area contributed by atoms with Gasteiger partial charge in [0.1, 0.15) is 5.82 Å². The zero-order valence-corrected chi connectivity index (χ0v) is 13.4. The Bertz CT molecular complexity index is 544. The molecule has 0 radical (unpaired) electrons. The molecule has 18 heavy (non-hydrogen) atoms. The van der Waals surface area contributed by atoms with Gasteiger partial charge in [-0.25, -0.2) is 4.39 Å². The van der Waals surface area contributed by atoms with Gasteiger partial charge in [0.2, 0.25) is 0 Å². The largest absolute Gasteiger partial charge is 0.313 e. The molecule has 1 N–H and O–H groups in total. The Hall–Kier alpha value is -0.170. The summed E-state index contributed by atoms with van der Waals surface area (Å²) in [4.78, 5) is 0. The maximum atomic E-state index is 13.1. The van der Waals surface area contributed by atoms with Crippen LogP contribution < -0.4 is 5.32 Å². The summed E-state index contributed by atoms with van der Waals surface area (Å²) < 4.78 is 14.4. The van der Waals surface area contributed by atoms with Crippen LogP contribution >= 0.6 is 45.5 Å². The van der Waals surface area contributed by atoms with Crippen molar-refractivity contribution in [3.05, 3.63) is 54.5 Å². The second-order valence-electron chi connectivity index (χ2n) is 3.98. The summed E-state index contributed by atoms with van der Waals surface area (Å²) in [6.07, 6.45) is 0.795. The monoisotopic (exact) mass is 395 g/mol. The minimum Gasteiger partial charge on any atom is -0.313 e.